The summed E-state index contributed by atoms with van der Waals surface area (Å²) < 4.78 is 2.50. The first kappa shape index (κ1) is 21.7. The Morgan fingerprint density at radius 1 is 1.06 bits per heavy atom. The van der Waals surface area contributed by atoms with E-state index in [1.807, 2.05) is 36.9 Å². The molecule has 0 spiro atoms. The second-order valence-electron chi connectivity index (χ2n) is 8.39. The van der Waals surface area contributed by atoms with Crippen LogP contribution in [0.25, 0.3) is 16.6 Å². The number of hydrogen-bond donors (Lipinski definition) is 0. The summed E-state index contributed by atoms with van der Waals surface area (Å²) in [7, 11) is 3.09. The normalized spacial score (nSPS) is 14.0. The maximum absolute atomic E-state index is 12.9. The van der Waals surface area contributed by atoms with Crippen LogP contribution in [0.1, 0.15) is 35.2 Å². The summed E-state index contributed by atoms with van der Waals surface area (Å²) in [5.41, 5.74) is 4.57. The highest BCUT2D eigenvalue weighted by atomic mass is 16.2. The quantitative estimate of drug-likeness (QED) is 0.635. The number of fused-ring (bicyclic) bond motifs is 1. The van der Waals surface area contributed by atoms with E-state index < -0.39 is 5.69 Å². The molecule has 166 valence electrons. The van der Waals surface area contributed by atoms with Crippen LogP contribution in [0.2, 0.25) is 0 Å². The molecule has 1 aliphatic rings. The Bertz CT molecular complexity index is 1350. The topological polar surface area (TPSA) is 77.2 Å². The zero-order chi connectivity index (χ0) is 23.0. The van der Waals surface area contributed by atoms with Crippen LogP contribution in [-0.4, -0.2) is 38.0 Å². The fraction of sp³-hybridized carbons (Fsp3) is 0.360. The molecule has 7 heteroatoms. The van der Waals surface area contributed by atoms with Gasteiger partial charge in [-0.15, -0.1) is 0 Å². The van der Waals surface area contributed by atoms with Gasteiger partial charge in [0.1, 0.15) is 5.65 Å². The third-order valence-electron chi connectivity index (χ3n) is 6.47. The molecule has 1 aromatic carbocycles. The Kier molecular flexibility index (Phi) is 5.82. The number of hydrogen-bond acceptors (Lipinski definition) is 4. The van der Waals surface area contributed by atoms with Gasteiger partial charge in [0.05, 0.1) is 5.39 Å². The summed E-state index contributed by atoms with van der Waals surface area (Å²) in [5.74, 6) is 0.0978. The number of benzene rings is 1. The van der Waals surface area contributed by atoms with E-state index in [1.54, 1.807) is 7.05 Å². The van der Waals surface area contributed by atoms with Gasteiger partial charge in [0, 0.05) is 39.3 Å². The molecule has 3 aromatic rings. The minimum Gasteiger partial charge on any atom is -0.339 e. The Morgan fingerprint density at radius 3 is 2.44 bits per heavy atom. The van der Waals surface area contributed by atoms with Crippen molar-refractivity contribution in [3.05, 3.63) is 79.6 Å². The molecule has 0 atom stereocenters. The molecule has 0 fully saturated rings. The summed E-state index contributed by atoms with van der Waals surface area (Å²) in [6.45, 7) is 5.05. The zero-order valence-corrected chi connectivity index (χ0v) is 19.0. The van der Waals surface area contributed by atoms with Crippen molar-refractivity contribution in [2.75, 3.05) is 13.1 Å². The van der Waals surface area contributed by atoms with Gasteiger partial charge in [-0.2, -0.15) is 0 Å². The van der Waals surface area contributed by atoms with Gasteiger partial charge in [0.2, 0.25) is 5.91 Å². The number of rotatable bonds is 4. The highest BCUT2D eigenvalue weighted by Crippen LogP contribution is 2.24. The first-order chi connectivity index (χ1) is 15.3. The second-order valence-corrected chi connectivity index (χ2v) is 8.39. The number of aromatic nitrogens is 3. The lowest BCUT2D eigenvalue weighted by atomic mass is 9.98. The summed E-state index contributed by atoms with van der Waals surface area (Å²) in [4.78, 5) is 44.3. The molecular formula is C25H28N4O3. The molecule has 0 saturated heterocycles. The summed E-state index contributed by atoms with van der Waals surface area (Å²) in [5, 5.41) is 0.441. The minimum absolute atomic E-state index is 0.0978. The molecule has 2 aromatic heterocycles. The Labute approximate surface area is 186 Å². The van der Waals surface area contributed by atoms with E-state index in [2.05, 4.69) is 23.2 Å². The lowest BCUT2D eigenvalue weighted by Gasteiger charge is -2.27. The molecule has 0 bridgehead atoms. The summed E-state index contributed by atoms with van der Waals surface area (Å²) in [6, 6.07) is 10.3. The number of amides is 1. The number of pyridine rings is 1. The Balaban J connectivity index is 1.54. The van der Waals surface area contributed by atoms with Crippen molar-refractivity contribution in [3.63, 3.8) is 0 Å². The second kappa shape index (κ2) is 8.57. The highest BCUT2D eigenvalue weighted by Gasteiger charge is 2.21. The first-order valence-electron chi connectivity index (χ1n) is 10.9. The standard InChI is InChI=1S/C25H28N4O3/c1-16-20(17(2)26-23-22(16)24(31)28(4)25(32)27(23)3)10-11-21(30)29-14-12-19(13-15-29)18-8-6-5-7-9-18/h5-9,12H,10-11,13-15H2,1-4H3. The molecule has 7 nitrogen and oxygen atoms in total. The van der Waals surface area contributed by atoms with Crippen LogP contribution in [-0.2, 0) is 25.3 Å². The van der Waals surface area contributed by atoms with Gasteiger partial charge in [-0.05, 0) is 49.0 Å². The minimum atomic E-state index is -0.398. The highest BCUT2D eigenvalue weighted by molar-refractivity contribution is 5.81. The van der Waals surface area contributed by atoms with Gasteiger partial charge in [-0.1, -0.05) is 36.4 Å². The van der Waals surface area contributed by atoms with Crippen molar-refractivity contribution in [2.24, 2.45) is 14.1 Å². The molecule has 0 aliphatic carbocycles. The van der Waals surface area contributed by atoms with Crippen LogP contribution < -0.4 is 11.2 Å². The van der Waals surface area contributed by atoms with Crippen LogP contribution in [0.15, 0.2) is 46.0 Å². The third-order valence-corrected chi connectivity index (χ3v) is 6.47. The van der Waals surface area contributed by atoms with Gasteiger partial charge >= 0.3 is 5.69 Å². The third kappa shape index (κ3) is 3.79. The fourth-order valence-electron chi connectivity index (χ4n) is 4.51. The average molecular weight is 433 g/mol. The summed E-state index contributed by atoms with van der Waals surface area (Å²) in [6.07, 6.45) is 3.84. The molecule has 1 amide bonds. The van der Waals surface area contributed by atoms with E-state index in [0.29, 0.717) is 37.0 Å². The van der Waals surface area contributed by atoms with Crippen molar-refractivity contribution < 1.29 is 4.79 Å². The number of nitrogens with zero attached hydrogens (tertiary/aromatic N) is 4. The fourth-order valence-corrected chi connectivity index (χ4v) is 4.51. The van der Waals surface area contributed by atoms with E-state index in [4.69, 9.17) is 0 Å². The molecule has 0 N–H and O–H groups in total. The maximum Gasteiger partial charge on any atom is 0.332 e. The molecule has 0 radical (unpaired) electrons. The molecule has 1 aliphatic heterocycles. The van der Waals surface area contributed by atoms with Crippen LogP contribution in [0.5, 0.6) is 0 Å². The average Bonchev–Trinajstić information content (AvgIpc) is 2.81. The predicted octanol–water partition coefficient (Wildman–Crippen LogP) is 2.50. The van der Waals surface area contributed by atoms with Crippen molar-refractivity contribution in [3.8, 4) is 0 Å². The monoisotopic (exact) mass is 432 g/mol. The summed E-state index contributed by atoms with van der Waals surface area (Å²) >= 11 is 0. The van der Waals surface area contributed by atoms with E-state index in [0.717, 1.165) is 27.8 Å². The van der Waals surface area contributed by atoms with Gasteiger partial charge in [0.25, 0.3) is 5.56 Å². The van der Waals surface area contributed by atoms with Gasteiger partial charge < -0.3 is 4.90 Å². The molecule has 3 heterocycles. The first-order valence-corrected chi connectivity index (χ1v) is 10.9. The Hall–Kier alpha value is -3.48. The van der Waals surface area contributed by atoms with Crippen molar-refractivity contribution in [2.45, 2.75) is 33.1 Å². The molecular weight excluding hydrogens is 404 g/mol. The van der Waals surface area contributed by atoms with Gasteiger partial charge in [-0.25, -0.2) is 9.78 Å². The van der Waals surface area contributed by atoms with Crippen LogP contribution in [0.3, 0.4) is 0 Å². The van der Waals surface area contributed by atoms with Crippen LogP contribution in [0.4, 0.5) is 0 Å². The van der Waals surface area contributed by atoms with E-state index in [1.165, 1.54) is 22.8 Å². The van der Waals surface area contributed by atoms with Crippen molar-refractivity contribution in [1.29, 1.82) is 0 Å². The van der Waals surface area contributed by atoms with Crippen LogP contribution >= 0.6 is 0 Å². The number of carbonyl (C=O) groups is 1. The molecule has 0 unspecified atom stereocenters. The lowest BCUT2D eigenvalue weighted by molar-refractivity contribution is -0.130. The van der Waals surface area contributed by atoms with Crippen LogP contribution in [0, 0.1) is 13.8 Å². The maximum atomic E-state index is 12.9. The smallest absolute Gasteiger partial charge is 0.332 e. The van der Waals surface area contributed by atoms with Crippen molar-refractivity contribution in [1.82, 2.24) is 19.0 Å². The SMILES string of the molecule is Cc1nc2c(c(C)c1CCC(=O)N1CC=C(c3ccccc3)CC1)c(=O)n(C)c(=O)n2C. The molecule has 4 rings (SSSR count). The van der Waals surface area contributed by atoms with E-state index in [9.17, 15) is 14.4 Å². The van der Waals surface area contributed by atoms with Gasteiger partial charge in [0.15, 0.2) is 0 Å². The van der Waals surface area contributed by atoms with E-state index >= 15 is 0 Å². The van der Waals surface area contributed by atoms with Gasteiger partial charge in [-0.3, -0.25) is 18.7 Å². The van der Waals surface area contributed by atoms with E-state index in [-0.39, 0.29) is 11.5 Å². The predicted molar refractivity (Wildman–Crippen MR) is 126 cm³/mol. The lowest BCUT2D eigenvalue weighted by Crippen LogP contribution is -2.38. The molecule has 0 saturated carbocycles. The Morgan fingerprint density at radius 2 is 1.78 bits per heavy atom. The largest absolute Gasteiger partial charge is 0.339 e. The zero-order valence-electron chi connectivity index (χ0n) is 19.0. The molecule has 32 heavy (non-hydrogen) atoms. The van der Waals surface area contributed by atoms with Crippen molar-refractivity contribution >= 4 is 22.5 Å². The number of aryl methyl sites for hydroxylation is 3. The number of carbonyl (C=O) groups excluding carboxylic acids is 1.